The van der Waals surface area contributed by atoms with Gasteiger partial charge in [-0.2, -0.15) is 0 Å². The quantitative estimate of drug-likeness (QED) is 0.903. The first-order valence-corrected chi connectivity index (χ1v) is 8.31. The fraction of sp³-hybridized carbons (Fsp3) is 0.600. The van der Waals surface area contributed by atoms with Crippen molar-refractivity contribution >= 4 is 9.84 Å². The zero-order valence-electron chi connectivity index (χ0n) is 12.3. The van der Waals surface area contributed by atoms with Crippen LogP contribution in [0.4, 0.5) is 0 Å². The molecular formula is C15H25NO2S. The first kappa shape index (κ1) is 16.2. The molecule has 1 aromatic rings. The van der Waals surface area contributed by atoms with E-state index in [1.807, 2.05) is 25.1 Å². The molecule has 1 rings (SSSR count). The Bertz CT molecular complexity index is 515. The third-order valence-electron chi connectivity index (χ3n) is 3.47. The van der Waals surface area contributed by atoms with Gasteiger partial charge in [-0.05, 0) is 52.1 Å². The molecule has 0 saturated carbocycles. The van der Waals surface area contributed by atoms with Gasteiger partial charge in [-0.3, -0.25) is 0 Å². The molecule has 0 aliphatic rings. The summed E-state index contributed by atoms with van der Waals surface area (Å²) in [6.45, 7) is 7.73. The lowest BCUT2D eigenvalue weighted by atomic mass is 9.95. The monoisotopic (exact) mass is 283 g/mol. The molecule has 0 amide bonds. The molecule has 1 atom stereocenters. The van der Waals surface area contributed by atoms with Crippen LogP contribution in [0, 0.1) is 6.92 Å². The highest BCUT2D eigenvalue weighted by Gasteiger charge is 2.29. The van der Waals surface area contributed by atoms with Gasteiger partial charge in [0, 0.05) is 0 Å². The maximum Gasteiger partial charge on any atom is 0.155 e. The maximum atomic E-state index is 12.1. The van der Waals surface area contributed by atoms with Gasteiger partial charge in [0.05, 0.1) is 10.5 Å². The first-order valence-electron chi connectivity index (χ1n) is 6.66. The molecule has 2 N–H and O–H groups in total. The fourth-order valence-electron chi connectivity index (χ4n) is 1.95. The van der Waals surface area contributed by atoms with Crippen molar-refractivity contribution in [2.75, 3.05) is 12.3 Å². The molecule has 0 aromatic heterocycles. The summed E-state index contributed by atoms with van der Waals surface area (Å²) in [5.74, 6) is 0.295. The molecule has 0 spiro atoms. The van der Waals surface area contributed by atoms with Crippen molar-refractivity contribution in [1.82, 2.24) is 0 Å². The van der Waals surface area contributed by atoms with E-state index in [4.69, 9.17) is 5.73 Å². The van der Waals surface area contributed by atoms with Crippen LogP contribution < -0.4 is 5.73 Å². The Labute approximate surface area is 117 Å². The number of benzene rings is 1. The molecule has 0 heterocycles. The second-order valence-electron chi connectivity index (χ2n) is 6.07. The van der Waals surface area contributed by atoms with Crippen molar-refractivity contribution in [1.29, 1.82) is 0 Å². The van der Waals surface area contributed by atoms with Crippen LogP contribution in [0.1, 0.15) is 44.2 Å². The van der Waals surface area contributed by atoms with Gasteiger partial charge < -0.3 is 5.73 Å². The van der Waals surface area contributed by atoms with Crippen LogP contribution in [-0.4, -0.2) is 25.5 Å². The summed E-state index contributed by atoms with van der Waals surface area (Å²) in [5, 5.41) is 0. The van der Waals surface area contributed by atoms with E-state index in [0.717, 1.165) is 5.56 Å². The lowest BCUT2D eigenvalue weighted by Gasteiger charge is -2.22. The standard InChI is InChI=1S/C15H25NO2S/c1-12-6-5-7-13(10-12)14(11-16)8-9-19(17,18)15(2,3)4/h5-7,10,14H,8-9,11,16H2,1-4H3. The Hall–Kier alpha value is -0.870. The van der Waals surface area contributed by atoms with Crippen molar-refractivity contribution in [2.24, 2.45) is 5.73 Å². The molecule has 1 unspecified atom stereocenters. The van der Waals surface area contributed by atoms with Gasteiger partial charge in [0.15, 0.2) is 9.84 Å². The molecule has 0 radical (unpaired) electrons. The van der Waals surface area contributed by atoms with E-state index in [2.05, 4.69) is 6.07 Å². The van der Waals surface area contributed by atoms with Crippen LogP contribution in [0.2, 0.25) is 0 Å². The Balaban J connectivity index is 2.80. The number of sulfone groups is 1. The van der Waals surface area contributed by atoms with Crippen molar-refractivity contribution in [3.63, 3.8) is 0 Å². The molecular weight excluding hydrogens is 258 g/mol. The summed E-state index contributed by atoms with van der Waals surface area (Å²) in [6, 6.07) is 8.13. The minimum atomic E-state index is -3.08. The predicted molar refractivity (Wildman–Crippen MR) is 81.1 cm³/mol. The average Bonchev–Trinajstić information content (AvgIpc) is 2.28. The second kappa shape index (κ2) is 6.06. The Kier molecular flexibility index (Phi) is 5.16. The highest BCUT2D eigenvalue weighted by Crippen LogP contribution is 2.24. The van der Waals surface area contributed by atoms with Crippen molar-refractivity contribution < 1.29 is 8.42 Å². The topological polar surface area (TPSA) is 60.2 Å². The molecule has 0 bridgehead atoms. The lowest BCUT2D eigenvalue weighted by Crippen LogP contribution is -2.31. The minimum absolute atomic E-state index is 0.108. The predicted octanol–water partition coefficient (Wildman–Crippen LogP) is 2.64. The zero-order chi connectivity index (χ0) is 14.7. The number of rotatable bonds is 5. The SMILES string of the molecule is Cc1cccc(C(CN)CCS(=O)(=O)C(C)(C)C)c1. The van der Waals surface area contributed by atoms with Crippen LogP contribution in [0.3, 0.4) is 0 Å². The Morgan fingerprint density at radius 1 is 1.26 bits per heavy atom. The second-order valence-corrected chi connectivity index (χ2v) is 8.93. The molecule has 3 nitrogen and oxygen atoms in total. The van der Waals surface area contributed by atoms with Gasteiger partial charge >= 0.3 is 0 Å². The van der Waals surface area contributed by atoms with Crippen LogP contribution in [-0.2, 0) is 9.84 Å². The van der Waals surface area contributed by atoms with Crippen LogP contribution in [0.5, 0.6) is 0 Å². The van der Waals surface area contributed by atoms with Crippen LogP contribution in [0.15, 0.2) is 24.3 Å². The van der Waals surface area contributed by atoms with E-state index in [9.17, 15) is 8.42 Å². The molecule has 0 aliphatic carbocycles. The third kappa shape index (κ3) is 4.32. The van der Waals surface area contributed by atoms with Crippen LogP contribution in [0.25, 0.3) is 0 Å². The number of hydrogen-bond acceptors (Lipinski definition) is 3. The Morgan fingerprint density at radius 3 is 2.37 bits per heavy atom. The number of nitrogens with two attached hydrogens (primary N) is 1. The van der Waals surface area contributed by atoms with Crippen molar-refractivity contribution in [3.8, 4) is 0 Å². The molecule has 0 saturated heterocycles. The van der Waals surface area contributed by atoms with E-state index >= 15 is 0 Å². The lowest BCUT2D eigenvalue weighted by molar-refractivity contribution is 0.551. The van der Waals surface area contributed by atoms with Crippen LogP contribution >= 0.6 is 0 Å². The summed E-state index contributed by atoms with van der Waals surface area (Å²) in [6.07, 6.45) is 0.583. The minimum Gasteiger partial charge on any atom is -0.330 e. The summed E-state index contributed by atoms with van der Waals surface area (Å²) in [4.78, 5) is 0. The summed E-state index contributed by atoms with van der Waals surface area (Å²) < 4.78 is 23.6. The molecule has 4 heteroatoms. The molecule has 19 heavy (non-hydrogen) atoms. The molecule has 108 valence electrons. The van der Waals surface area contributed by atoms with Gasteiger partial charge in [-0.25, -0.2) is 8.42 Å². The Morgan fingerprint density at radius 2 is 1.89 bits per heavy atom. The van der Waals surface area contributed by atoms with E-state index in [1.54, 1.807) is 20.8 Å². The highest BCUT2D eigenvalue weighted by molar-refractivity contribution is 7.92. The van der Waals surface area contributed by atoms with Gasteiger partial charge in [0.25, 0.3) is 0 Å². The number of aryl methyl sites for hydroxylation is 1. The molecule has 0 aliphatic heterocycles. The van der Waals surface area contributed by atoms with Crippen molar-refractivity contribution in [2.45, 2.75) is 44.8 Å². The van der Waals surface area contributed by atoms with Gasteiger partial charge in [0.2, 0.25) is 0 Å². The normalized spacial score (nSPS) is 14.4. The van der Waals surface area contributed by atoms with Gasteiger partial charge in [-0.1, -0.05) is 29.8 Å². The maximum absolute atomic E-state index is 12.1. The van der Waals surface area contributed by atoms with E-state index in [-0.39, 0.29) is 11.7 Å². The van der Waals surface area contributed by atoms with Gasteiger partial charge in [0.1, 0.15) is 0 Å². The third-order valence-corrected chi connectivity index (χ3v) is 6.11. The van der Waals surface area contributed by atoms with Gasteiger partial charge in [-0.15, -0.1) is 0 Å². The first-order chi connectivity index (χ1) is 8.67. The van der Waals surface area contributed by atoms with Crippen molar-refractivity contribution in [3.05, 3.63) is 35.4 Å². The largest absolute Gasteiger partial charge is 0.330 e. The summed E-state index contributed by atoms with van der Waals surface area (Å²) >= 11 is 0. The molecule has 0 fully saturated rings. The molecule has 1 aromatic carbocycles. The fourth-order valence-corrected chi connectivity index (χ4v) is 3.16. The highest BCUT2D eigenvalue weighted by atomic mass is 32.2. The smallest absolute Gasteiger partial charge is 0.155 e. The zero-order valence-corrected chi connectivity index (χ0v) is 13.1. The van der Waals surface area contributed by atoms with E-state index in [0.29, 0.717) is 13.0 Å². The summed E-state index contributed by atoms with van der Waals surface area (Å²) in [5.41, 5.74) is 8.11. The number of hydrogen-bond donors (Lipinski definition) is 1. The van der Waals surface area contributed by atoms with E-state index in [1.165, 1.54) is 5.56 Å². The van der Waals surface area contributed by atoms with E-state index < -0.39 is 14.6 Å². The average molecular weight is 283 g/mol. The summed E-state index contributed by atoms with van der Waals surface area (Å²) in [7, 11) is -3.08.